The second kappa shape index (κ2) is 9.69. The van der Waals surface area contributed by atoms with Crippen molar-refractivity contribution >= 4 is 45.6 Å². The molecule has 2 aromatic carbocycles. The van der Waals surface area contributed by atoms with Gasteiger partial charge in [-0.3, -0.25) is 4.79 Å². The van der Waals surface area contributed by atoms with E-state index in [2.05, 4.69) is 32.1 Å². The number of carbonyl (C=O) groups is 1. The van der Waals surface area contributed by atoms with Gasteiger partial charge in [-0.15, -0.1) is 0 Å². The van der Waals surface area contributed by atoms with Gasteiger partial charge >= 0.3 is 0 Å². The Morgan fingerprint density at radius 1 is 1.15 bits per heavy atom. The third-order valence-corrected chi connectivity index (χ3v) is 6.60. The predicted molar refractivity (Wildman–Crippen MR) is 131 cm³/mol. The molecule has 0 bridgehead atoms. The number of amides is 1. The van der Waals surface area contributed by atoms with Gasteiger partial charge in [-0.1, -0.05) is 11.6 Å². The minimum atomic E-state index is -0.494. The number of carbonyl (C=O) groups excluding carboxylic acids is 1. The fraction of sp³-hybridized carbons (Fsp3) is 0.375. The molecule has 0 saturated carbocycles. The van der Waals surface area contributed by atoms with Crippen LogP contribution < -0.4 is 15.0 Å². The second-order valence-electron chi connectivity index (χ2n) is 8.57. The fourth-order valence-electron chi connectivity index (χ4n) is 4.35. The molecule has 0 unspecified atom stereocenters. The zero-order valence-corrected chi connectivity index (χ0v) is 19.7. The number of likely N-dealkylation sites (N-methyl/N-ethyl adjacent to an activating group) is 1. The summed E-state index contributed by atoms with van der Waals surface area (Å²) in [5.41, 5.74) is 1.97. The summed E-state index contributed by atoms with van der Waals surface area (Å²) < 4.78 is 19.6. The van der Waals surface area contributed by atoms with Crippen LogP contribution in [-0.2, 0) is 4.79 Å². The summed E-state index contributed by atoms with van der Waals surface area (Å²) in [6.07, 6.45) is 1.90. The van der Waals surface area contributed by atoms with E-state index in [1.165, 1.54) is 18.5 Å². The molecule has 10 heteroatoms. The first kappa shape index (κ1) is 22.8. The van der Waals surface area contributed by atoms with Gasteiger partial charge in [0.25, 0.3) is 0 Å². The minimum absolute atomic E-state index is 0.0127. The zero-order chi connectivity index (χ0) is 23.7. The Kier molecular flexibility index (Phi) is 6.49. The van der Waals surface area contributed by atoms with Gasteiger partial charge in [0.05, 0.1) is 28.2 Å². The summed E-state index contributed by atoms with van der Waals surface area (Å²) in [6, 6.07) is 8.10. The van der Waals surface area contributed by atoms with Crippen LogP contribution in [0.5, 0.6) is 5.75 Å². The summed E-state index contributed by atoms with van der Waals surface area (Å²) in [7, 11) is 2.12. The number of fused-ring (bicyclic) bond motifs is 3. The van der Waals surface area contributed by atoms with E-state index in [-0.39, 0.29) is 10.9 Å². The van der Waals surface area contributed by atoms with Crippen molar-refractivity contribution in [1.82, 2.24) is 19.8 Å². The molecule has 0 atom stereocenters. The molecule has 34 heavy (non-hydrogen) atoms. The fourth-order valence-corrected chi connectivity index (χ4v) is 4.53. The number of nitrogens with zero attached hydrogens (tertiary/aromatic N) is 5. The van der Waals surface area contributed by atoms with Gasteiger partial charge in [0.1, 0.15) is 24.6 Å². The number of aromatic nitrogens is 2. The van der Waals surface area contributed by atoms with Crippen molar-refractivity contribution in [3.05, 3.63) is 47.5 Å². The first-order chi connectivity index (χ1) is 16.5. The normalized spacial score (nSPS) is 16.9. The van der Waals surface area contributed by atoms with Crippen LogP contribution >= 0.6 is 11.6 Å². The topological polar surface area (TPSA) is 73.8 Å². The molecule has 0 aliphatic carbocycles. The van der Waals surface area contributed by atoms with E-state index in [9.17, 15) is 9.18 Å². The summed E-state index contributed by atoms with van der Waals surface area (Å²) in [5, 5.41) is 3.86. The maximum Gasteiger partial charge on any atom is 0.228 e. The highest BCUT2D eigenvalue weighted by molar-refractivity contribution is 6.31. The molecule has 2 aliphatic rings. The SMILES string of the molecule is CN1CCN(CCC(=O)N2CCOc3c2ccc2ncnc(Nc4ccc(F)c(Cl)c4)c32)CC1. The van der Waals surface area contributed by atoms with Crippen LogP contribution in [0.1, 0.15) is 6.42 Å². The van der Waals surface area contributed by atoms with Crippen molar-refractivity contribution in [2.45, 2.75) is 6.42 Å². The highest BCUT2D eigenvalue weighted by Gasteiger charge is 2.27. The lowest BCUT2D eigenvalue weighted by atomic mass is 10.1. The van der Waals surface area contributed by atoms with E-state index < -0.39 is 5.82 Å². The summed E-state index contributed by atoms with van der Waals surface area (Å²) in [5.74, 6) is 0.634. The Bertz CT molecular complexity index is 1220. The molecular weight excluding hydrogens is 459 g/mol. The average molecular weight is 485 g/mol. The van der Waals surface area contributed by atoms with E-state index in [1.807, 2.05) is 12.1 Å². The molecule has 5 rings (SSSR count). The summed E-state index contributed by atoms with van der Waals surface area (Å²) in [4.78, 5) is 28.4. The van der Waals surface area contributed by atoms with Gasteiger partial charge in [-0.2, -0.15) is 0 Å². The molecule has 0 radical (unpaired) electrons. The number of anilines is 3. The number of piperazine rings is 1. The molecule has 1 aromatic heterocycles. The van der Waals surface area contributed by atoms with Crippen molar-refractivity contribution in [1.29, 1.82) is 0 Å². The largest absolute Gasteiger partial charge is 0.489 e. The van der Waals surface area contributed by atoms with Crippen LogP contribution in [0.25, 0.3) is 10.9 Å². The van der Waals surface area contributed by atoms with E-state index in [0.29, 0.717) is 53.4 Å². The Labute approximate surface area is 202 Å². The Morgan fingerprint density at radius 3 is 2.76 bits per heavy atom. The van der Waals surface area contributed by atoms with Gasteiger partial charge < -0.3 is 24.8 Å². The molecule has 0 spiro atoms. The number of nitrogens with one attached hydrogen (secondary N) is 1. The molecule has 178 valence electrons. The van der Waals surface area contributed by atoms with Gasteiger partial charge in [-0.25, -0.2) is 14.4 Å². The van der Waals surface area contributed by atoms with Crippen molar-refractivity contribution < 1.29 is 13.9 Å². The van der Waals surface area contributed by atoms with Crippen molar-refractivity contribution in [3.63, 3.8) is 0 Å². The Morgan fingerprint density at radius 2 is 1.97 bits per heavy atom. The highest BCUT2D eigenvalue weighted by Crippen LogP contribution is 2.41. The standard InChI is InChI=1S/C24H26ClFN6O2/c1-30-8-10-31(11-9-30)7-6-21(33)32-12-13-34-23-20(32)5-4-19-22(23)24(28-15-27-19)29-16-2-3-18(26)17(25)14-16/h2-5,14-15H,6-13H2,1H3,(H,27,28,29). The Balaban J connectivity index is 1.41. The maximum atomic E-state index is 13.6. The summed E-state index contributed by atoms with van der Waals surface area (Å²) >= 11 is 5.94. The van der Waals surface area contributed by atoms with Gasteiger partial charge in [-0.05, 0) is 37.4 Å². The van der Waals surface area contributed by atoms with Gasteiger partial charge in [0, 0.05) is 44.8 Å². The lowest BCUT2D eigenvalue weighted by Gasteiger charge is -2.34. The lowest BCUT2D eigenvalue weighted by Crippen LogP contribution is -2.46. The molecule has 8 nitrogen and oxygen atoms in total. The lowest BCUT2D eigenvalue weighted by molar-refractivity contribution is -0.119. The number of hydrogen-bond donors (Lipinski definition) is 1. The number of ether oxygens (including phenoxy) is 1. The first-order valence-electron chi connectivity index (χ1n) is 11.3. The molecule has 1 saturated heterocycles. The smallest absolute Gasteiger partial charge is 0.228 e. The number of halogens is 2. The maximum absolute atomic E-state index is 13.6. The van der Waals surface area contributed by atoms with Crippen LogP contribution in [0.3, 0.4) is 0 Å². The predicted octanol–water partition coefficient (Wildman–Crippen LogP) is 3.53. The van der Waals surface area contributed by atoms with Crippen molar-refractivity contribution in [2.75, 3.05) is 63.1 Å². The summed E-state index contributed by atoms with van der Waals surface area (Å²) in [6.45, 7) is 5.62. The number of rotatable bonds is 5. The molecule has 1 amide bonds. The van der Waals surface area contributed by atoms with Crippen molar-refractivity contribution in [3.8, 4) is 5.75 Å². The minimum Gasteiger partial charge on any atom is -0.489 e. The number of benzene rings is 2. The van der Waals surface area contributed by atoms with Crippen LogP contribution in [0.4, 0.5) is 21.6 Å². The van der Waals surface area contributed by atoms with E-state index in [1.54, 1.807) is 11.0 Å². The molecule has 1 N–H and O–H groups in total. The molecule has 1 fully saturated rings. The first-order valence-corrected chi connectivity index (χ1v) is 11.7. The van der Waals surface area contributed by atoms with Gasteiger partial charge in [0.2, 0.25) is 5.91 Å². The average Bonchev–Trinajstić information content (AvgIpc) is 2.85. The van der Waals surface area contributed by atoms with Gasteiger partial charge in [0.15, 0.2) is 5.75 Å². The second-order valence-corrected chi connectivity index (χ2v) is 8.98. The molecule has 3 aromatic rings. The quantitative estimate of drug-likeness (QED) is 0.594. The van der Waals surface area contributed by atoms with Crippen molar-refractivity contribution in [2.24, 2.45) is 0 Å². The molecular formula is C24H26ClFN6O2. The Hall–Kier alpha value is -3.01. The molecule has 3 heterocycles. The monoisotopic (exact) mass is 484 g/mol. The van der Waals surface area contributed by atoms with E-state index in [0.717, 1.165) is 32.7 Å². The van der Waals surface area contributed by atoms with Crippen LogP contribution in [-0.4, -0.2) is 78.6 Å². The third kappa shape index (κ3) is 4.64. The van der Waals surface area contributed by atoms with Crippen LogP contribution in [0.15, 0.2) is 36.7 Å². The molecule has 2 aliphatic heterocycles. The zero-order valence-electron chi connectivity index (χ0n) is 18.9. The highest BCUT2D eigenvalue weighted by atomic mass is 35.5. The van der Waals surface area contributed by atoms with Crippen LogP contribution in [0, 0.1) is 5.82 Å². The number of hydrogen-bond acceptors (Lipinski definition) is 7. The van der Waals surface area contributed by atoms with Crippen LogP contribution in [0.2, 0.25) is 5.02 Å². The van der Waals surface area contributed by atoms with E-state index in [4.69, 9.17) is 16.3 Å². The van der Waals surface area contributed by atoms with E-state index >= 15 is 0 Å². The third-order valence-electron chi connectivity index (χ3n) is 6.31.